The molecule has 0 unspecified atom stereocenters. The van der Waals surface area contributed by atoms with Crippen molar-refractivity contribution in [2.45, 2.75) is 0 Å². The normalized spacial score (nSPS) is 13.8. The number of fused-ring (bicyclic) bond motifs is 1. The highest BCUT2D eigenvalue weighted by Crippen LogP contribution is 2.33. The summed E-state index contributed by atoms with van der Waals surface area (Å²) >= 11 is 5.72. The van der Waals surface area contributed by atoms with Crippen LogP contribution in [0.2, 0.25) is 5.02 Å². The number of rotatable bonds is 1. The second-order valence-electron chi connectivity index (χ2n) is 2.97. The molecule has 0 atom stereocenters. The quantitative estimate of drug-likeness (QED) is 0.760. The standard InChI is InChI=1S/C9H6ClNO4/c10-5-2-7-6(1-4(5)9(13)14)11-8(12)3-15-7/h1-2H,3H2,(H,11,12)(H,13,14). The summed E-state index contributed by atoms with van der Waals surface area (Å²) in [5.74, 6) is -1.09. The number of carbonyl (C=O) groups excluding carboxylic acids is 1. The van der Waals surface area contributed by atoms with Crippen LogP contribution in [0.15, 0.2) is 12.1 Å². The van der Waals surface area contributed by atoms with Crippen molar-refractivity contribution in [3.8, 4) is 5.75 Å². The van der Waals surface area contributed by atoms with Gasteiger partial charge in [-0.3, -0.25) is 4.79 Å². The minimum absolute atomic E-state index is 0.0683. The SMILES string of the molecule is O=C1COc2cc(Cl)c(C(=O)O)cc2N1. The van der Waals surface area contributed by atoms with Crippen LogP contribution in [0.25, 0.3) is 0 Å². The minimum atomic E-state index is -1.15. The van der Waals surface area contributed by atoms with E-state index in [1.165, 1.54) is 12.1 Å². The van der Waals surface area contributed by atoms with Crippen molar-refractivity contribution in [2.75, 3.05) is 11.9 Å². The van der Waals surface area contributed by atoms with E-state index in [-0.39, 0.29) is 23.1 Å². The number of carboxylic acids is 1. The van der Waals surface area contributed by atoms with Crippen molar-refractivity contribution in [2.24, 2.45) is 0 Å². The van der Waals surface area contributed by atoms with Crippen molar-refractivity contribution in [1.82, 2.24) is 0 Å². The van der Waals surface area contributed by atoms with Crippen LogP contribution in [-0.4, -0.2) is 23.6 Å². The molecule has 2 rings (SSSR count). The molecule has 0 saturated heterocycles. The molecular formula is C9H6ClNO4. The predicted molar refractivity (Wildman–Crippen MR) is 52.5 cm³/mol. The third kappa shape index (κ3) is 1.73. The molecule has 78 valence electrons. The lowest BCUT2D eigenvalue weighted by Gasteiger charge is -2.18. The Hall–Kier alpha value is -1.75. The molecule has 0 radical (unpaired) electrons. The largest absolute Gasteiger partial charge is 0.482 e. The number of hydrogen-bond acceptors (Lipinski definition) is 3. The molecule has 5 nitrogen and oxygen atoms in total. The smallest absolute Gasteiger partial charge is 0.337 e. The zero-order valence-corrected chi connectivity index (χ0v) is 8.17. The van der Waals surface area contributed by atoms with Crippen LogP contribution in [0.4, 0.5) is 5.69 Å². The zero-order valence-electron chi connectivity index (χ0n) is 7.41. The van der Waals surface area contributed by atoms with Gasteiger partial charge in [0.15, 0.2) is 6.61 Å². The van der Waals surface area contributed by atoms with Crippen LogP contribution in [0.1, 0.15) is 10.4 Å². The molecule has 0 saturated carbocycles. The van der Waals surface area contributed by atoms with E-state index in [1.54, 1.807) is 0 Å². The van der Waals surface area contributed by atoms with E-state index in [9.17, 15) is 9.59 Å². The van der Waals surface area contributed by atoms with Gasteiger partial charge in [-0.15, -0.1) is 0 Å². The number of hydrogen-bond donors (Lipinski definition) is 2. The molecule has 0 aliphatic carbocycles. The van der Waals surface area contributed by atoms with E-state index >= 15 is 0 Å². The van der Waals surface area contributed by atoms with Gasteiger partial charge >= 0.3 is 5.97 Å². The number of benzene rings is 1. The monoisotopic (exact) mass is 227 g/mol. The van der Waals surface area contributed by atoms with Crippen molar-refractivity contribution in [3.63, 3.8) is 0 Å². The fourth-order valence-electron chi connectivity index (χ4n) is 1.27. The highest BCUT2D eigenvalue weighted by Gasteiger charge is 2.20. The summed E-state index contributed by atoms with van der Waals surface area (Å²) in [6.45, 7) is -0.0876. The van der Waals surface area contributed by atoms with E-state index in [0.29, 0.717) is 11.4 Å². The molecule has 0 spiro atoms. The predicted octanol–water partition coefficient (Wildman–Crippen LogP) is 1.37. The lowest BCUT2D eigenvalue weighted by atomic mass is 10.1. The number of halogens is 1. The highest BCUT2D eigenvalue weighted by molar-refractivity contribution is 6.34. The maximum absolute atomic E-state index is 11.0. The fourth-order valence-corrected chi connectivity index (χ4v) is 1.50. The molecule has 1 aromatic rings. The highest BCUT2D eigenvalue weighted by atomic mass is 35.5. The van der Waals surface area contributed by atoms with Crippen molar-refractivity contribution < 1.29 is 19.4 Å². The molecule has 0 fully saturated rings. The fraction of sp³-hybridized carbons (Fsp3) is 0.111. The van der Waals surface area contributed by atoms with Gasteiger partial charge in [0, 0.05) is 6.07 Å². The number of carbonyl (C=O) groups is 2. The summed E-state index contributed by atoms with van der Waals surface area (Å²) in [4.78, 5) is 21.7. The molecule has 15 heavy (non-hydrogen) atoms. The molecule has 1 aliphatic rings. The van der Waals surface area contributed by atoms with Crippen LogP contribution in [0, 0.1) is 0 Å². The van der Waals surface area contributed by atoms with Crippen molar-refractivity contribution in [1.29, 1.82) is 0 Å². The third-order valence-electron chi connectivity index (χ3n) is 1.93. The topological polar surface area (TPSA) is 75.6 Å². The number of aromatic carboxylic acids is 1. The number of ether oxygens (including phenoxy) is 1. The second kappa shape index (κ2) is 3.43. The average molecular weight is 228 g/mol. The van der Waals surface area contributed by atoms with Crippen molar-refractivity contribution in [3.05, 3.63) is 22.7 Å². The summed E-state index contributed by atoms with van der Waals surface area (Å²) < 4.78 is 5.06. The number of carboxylic acid groups (broad SMARTS) is 1. The molecule has 0 aromatic heterocycles. The van der Waals surface area contributed by atoms with Gasteiger partial charge in [0.25, 0.3) is 5.91 Å². The van der Waals surface area contributed by atoms with Gasteiger partial charge in [0.1, 0.15) is 5.75 Å². The first-order chi connectivity index (χ1) is 7.08. The third-order valence-corrected chi connectivity index (χ3v) is 2.25. The van der Waals surface area contributed by atoms with Gasteiger partial charge in [-0.25, -0.2) is 4.79 Å². The molecule has 1 aromatic carbocycles. The van der Waals surface area contributed by atoms with Crippen LogP contribution >= 0.6 is 11.6 Å². The molecule has 6 heteroatoms. The van der Waals surface area contributed by atoms with Crippen molar-refractivity contribution >= 4 is 29.2 Å². The Bertz CT molecular complexity index is 458. The van der Waals surface area contributed by atoms with Gasteiger partial charge in [-0.2, -0.15) is 0 Å². The van der Waals surface area contributed by atoms with E-state index in [0.717, 1.165) is 0 Å². The Labute approximate surface area is 89.6 Å². The summed E-state index contributed by atoms with van der Waals surface area (Å²) in [5.41, 5.74) is 0.259. The van der Waals surface area contributed by atoms with Crippen LogP contribution in [0.3, 0.4) is 0 Å². The van der Waals surface area contributed by atoms with E-state index < -0.39 is 5.97 Å². The van der Waals surface area contributed by atoms with E-state index in [2.05, 4.69) is 5.32 Å². The zero-order chi connectivity index (χ0) is 11.0. The Morgan fingerprint density at radius 2 is 2.27 bits per heavy atom. The van der Waals surface area contributed by atoms with Gasteiger partial charge in [-0.1, -0.05) is 11.6 Å². The summed E-state index contributed by atoms with van der Waals surface area (Å²) in [5, 5.41) is 11.4. The molecule has 1 aliphatic heterocycles. The first-order valence-corrected chi connectivity index (χ1v) is 4.45. The maximum Gasteiger partial charge on any atom is 0.337 e. The van der Waals surface area contributed by atoms with Gasteiger partial charge in [0.05, 0.1) is 16.3 Å². The molecule has 0 bridgehead atoms. The second-order valence-corrected chi connectivity index (χ2v) is 3.38. The lowest BCUT2D eigenvalue weighted by Crippen LogP contribution is -2.25. The van der Waals surface area contributed by atoms with Crippen LogP contribution in [0.5, 0.6) is 5.75 Å². The van der Waals surface area contributed by atoms with E-state index in [1.807, 2.05) is 0 Å². The first-order valence-electron chi connectivity index (χ1n) is 4.07. The molecule has 2 N–H and O–H groups in total. The average Bonchev–Trinajstić information content (AvgIpc) is 2.17. The Kier molecular flexibility index (Phi) is 2.24. The molecular weight excluding hydrogens is 222 g/mol. The number of anilines is 1. The van der Waals surface area contributed by atoms with Gasteiger partial charge in [-0.05, 0) is 6.07 Å². The Balaban J connectivity index is 2.51. The Morgan fingerprint density at radius 3 is 2.93 bits per heavy atom. The lowest BCUT2D eigenvalue weighted by molar-refractivity contribution is -0.118. The maximum atomic E-state index is 11.0. The number of nitrogens with one attached hydrogen (secondary N) is 1. The molecule has 1 amide bonds. The van der Waals surface area contributed by atoms with E-state index in [4.69, 9.17) is 21.4 Å². The summed E-state index contributed by atoms with van der Waals surface area (Å²) in [6, 6.07) is 2.65. The molecule has 1 heterocycles. The van der Waals surface area contributed by atoms with Gasteiger partial charge < -0.3 is 15.2 Å². The minimum Gasteiger partial charge on any atom is -0.482 e. The van der Waals surface area contributed by atoms with Crippen LogP contribution < -0.4 is 10.1 Å². The summed E-state index contributed by atoms with van der Waals surface area (Å²) in [6.07, 6.45) is 0. The van der Waals surface area contributed by atoms with Gasteiger partial charge in [0.2, 0.25) is 0 Å². The number of amides is 1. The van der Waals surface area contributed by atoms with Crippen LogP contribution in [-0.2, 0) is 4.79 Å². The summed E-state index contributed by atoms with van der Waals surface area (Å²) in [7, 11) is 0. The Morgan fingerprint density at radius 1 is 1.53 bits per heavy atom. The first kappa shape index (κ1) is 9.79.